The van der Waals surface area contributed by atoms with E-state index in [2.05, 4.69) is 9.97 Å². The Balaban J connectivity index is 1.70. The van der Waals surface area contributed by atoms with E-state index in [4.69, 9.17) is 11.5 Å². The van der Waals surface area contributed by atoms with Crippen LogP contribution in [-0.2, 0) is 12.6 Å². The summed E-state index contributed by atoms with van der Waals surface area (Å²) in [5, 5.41) is 0. The molecule has 2 aliphatic heterocycles. The number of rotatable bonds is 5. The summed E-state index contributed by atoms with van der Waals surface area (Å²) in [6.07, 6.45) is -0.327. The number of hydrogen-bond acceptors (Lipinski definition) is 6. The lowest BCUT2D eigenvalue weighted by Crippen LogP contribution is -2.43. The number of carbonyl (C=O) groups excluding carboxylic acids is 1. The van der Waals surface area contributed by atoms with Gasteiger partial charge in [0.15, 0.2) is 0 Å². The fourth-order valence-electron chi connectivity index (χ4n) is 3.98. The molecule has 10 heteroatoms. The molecule has 1 amide bonds. The van der Waals surface area contributed by atoms with Crippen LogP contribution in [0, 0.1) is 0 Å². The van der Waals surface area contributed by atoms with Gasteiger partial charge in [-0.1, -0.05) is 0 Å². The van der Waals surface area contributed by atoms with Crippen molar-refractivity contribution in [3.8, 4) is 0 Å². The molecule has 1 aromatic carbocycles. The second kappa shape index (κ2) is 8.33. The SMILES string of the molecule is NC(=O)c1cnc(N2CCC[C@H](N)C2)nc1Cc1cc(N2CCC2)cc(C(F)(F)F)c1. The van der Waals surface area contributed by atoms with Crippen molar-refractivity contribution in [1.29, 1.82) is 0 Å². The maximum atomic E-state index is 13.5. The van der Waals surface area contributed by atoms with Crippen molar-refractivity contribution in [2.24, 2.45) is 11.5 Å². The summed E-state index contributed by atoms with van der Waals surface area (Å²) < 4.78 is 40.5. The van der Waals surface area contributed by atoms with Gasteiger partial charge in [-0.2, -0.15) is 13.2 Å². The predicted octanol–water partition coefficient (Wildman–Crippen LogP) is 2.32. The predicted molar refractivity (Wildman–Crippen MR) is 111 cm³/mol. The van der Waals surface area contributed by atoms with Crippen molar-refractivity contribution in [1.82, 2.24) is 9.97 Å². The molecule has 0 radical (unpaired) electrons. The van der Waals surface area contributed by atoms with Crippen molar-refractivity contribution in [2.45, 2.75) is 37.9 Å². The minimum absolute atomic E-state index is 0.000770. The van der Waals surface area contributed by atoms with Gasteiger partial charge in [-0.05, 0) is 43.0 Å². The molecule has 0 bridgehead atoms. The second-order valence-corrected chi connectivity index (χ2v) is 8.15. The Kier molecular flexibility index (Phi) is 5.74. The molecular weight excluding hydrogens is 409 g/mol. The van der Waals surface area contributed by atoms with Gasteiger partial charge in [-0.25, -0.2) is 9.97 Å². The van der Waals surface area contributed by atoms with E-state index in [9.17, 15) is 18.0 Å². The van der Waals surface area contributed by atoms with E-state index in [1.54, 1.807) is 6.07 Å². The third-order valence-electron chi connectivity index (χ3n) is 5.76. The number of benzene rings is 1. The number of primary amides is 1. The molecule has 2 fully saturated rings. The van der Waals surface area contributed by atoms with Crippen LogP contribution in [0.15, 0.2) is 24.4 Å². The van der Waals surface area contributed by atoms with Gasteiger partial charge in [0.1, 0.15) is 0 Å². The number of carbonyl (C=O) groups is 1. The van der Waals surface area contributed by atoms with Gasteiger partial charge in [-0.15, -0.1) is 0 Å². The van der Waals surface area contributed by atoms with Gasteiger partial charge >= 0.3 is 6.18 Å². The van der Waals surface area contributed by atoms with Crippen LogP contribution in [0.2, 0.25) is 0 Å². The number of piperidine rings is 1. The first-order valence-corrected chi connectivity index (χ1v) is 10.3. The normalized spacial score (nSPS) is 19.3. The maximum Gasteiger partial charge on any atom is 0.416 e. The molecule has 0 saturated carbocycles. The highest BCUT2D eigenvalue weighted by molar-refractivity contribution is 5.93. The highest BCUT2D eigenvalue weighted by atomic mass is 19.4. The van der Waals surface area contributed by atoms with E-state index in [0.29, 0.717) is 29.4 Å². The first-order valence-electron chi connectivity index (χ1n) is 10.3. The summed E-state index contributed by atoms with van der Waals surface area (Å²) >= 11 is 0. The molecule has 31 heavy (non-hydrogen) atoms. The van der Waals surface area contributed by atoms with E-state index in [0.717, 1.165) is 51.0 Å². The molecule has 0 aliphatic carbocycles. The molecule has 3 heterocycles. The lowest BCUT2D eigenvalue weighted by Gasteiger charge is -2.34. The number of nitrogens with zero attached hydrogens (tertiary/aromatic N) is 4. The van der Waals surface area contributed by atoms with Gasteiger partial charge in [0.05, 0.1) is 16.8 Å². The van der Waals surface area contributed by atoms with Crippen LogP contribution in [0.25, 0.3) is 0 Å². The Morgan fingerprint density at radius 1 is 1.13 bits per heavy atom. The number of alkyl halides is 3. The molecule has 1 aromatic heterocycles. The van der Waals surface area contributed by atoms with Crippen LogP contribution in [0.5, 0.6) is 0 Å². The van der Waals surface area contributed by atoms with Gasteiger partial charge in [0, 0.05) is 50.5 Å². The third-order valence-corrected chi connectivity index (χ3v) is 5.76. The number of hydrogen-bond donors (Lipinski definition) is 2. The van der Waals surface area contributed by atoms with Crippen molar-refractivity contribution in [2.75, 3.05) is 36.0 Å². The van der Waals surface area contributed by atoms with Crippen LogP contribution >= 0.6 is 0 Å². The first kappa shape index (κ1) is 21.4. The third kappa shape index (κ3) is 4.73. The lowest BCUT2D eigenvalue weighted by atomic mass is 10.0. The average Bonchev–Trinajstić information content (AvgIpc) is 2.65. The first-order chi connectivity index (χ1) is 14.7. The van der Waals surface area contributed by atoms with Gasteiger partial charge in [0.2, 0.25) is 5.95 Å². The largest absolute Gasteiger partial charge is 0.416 e. The molecule has 1 atom stereocenters. The quantitative estimate of drug-likeness (QED) is 0.749. The Morgan fingerprint density at radius 3 is 2.48 bits per heavy atom. The topological polar surface area (TPSA) is 101 Å². The summed E-state index contributed by atoms with van der Waals surface area (Å²) in [6, 6.07) is 3.99. The second-order valence-electron chi connectivity index (χ2n) is 8.15. The van der Waals surface area contributed by atoms with Crippen molar-refractivity contribution >= 4 is 17.5 Å². The highest BCUT2D eigenvalue weighted by Crippen LogP contribution is 2.35. The van der Waals surface area contributed by atoms with E-state index in [-0.39, 0.29) is 18.0 Å². The zero-order valence-corrected chi connectivity index (χ0v) is 17.0. The van der Waals surface area contributed by atoms with E-state index in [1.807, 2.05) is 9.80 Å². The molecule has 0 unspecified atom stereocenters. The van der Waals surface area contributed by atoms with Crippen molar-refractivity contribution < 1.29 is 18.0 Å². The number of anilines is 2. The summed E-state index contributed by atoms with van der Waals surface area (Å²) in [6.45, 7) is 2.75. The fraction of sp³-hybridized carbons (Fsp3) is 0.476. The zero-order chi connectivity index (χ0) is 22.2. The number of aromatic nitrogens is 2. The molecule has 4 rings (SSSR count). The van der Waals surface area contributed by atoms with Crippen LogP contribution in [0.3, 0.4) is 0 Å². The Morgan fingerprint density at radius 2 is 1.87 bits per heavy atom. The van der Waals surface area contributed by atoms with E-state index < -0.39 is 17.6 Å². The van der Waals surface area contributed by atoms with Gasteiger partial charge in [0.25, 0.3) is 5.91 Å². The standard InChI is InChI=1S/C21H25F3N6O/c22-21(23,24)14-7-13(8-16(10-14)29-5-2-6-29)9-18-17(19(26)31)11-27-20(28-18)30-4-1-3-15(25)12-30/h7-8,10-11,15H,1-6,9,12,25H2,(H2,26,31)/t15-/m0/s1. The molecule has 2 aromatic rings. The maximum absolute atomic E-state index is 13.5. The summed E-state index contributed by atoms with van der Waals surface area (Å²) in [5.41, 5.74) is 12.2. The Hall–Kier alpha value is -2.88. The smallest absolute Gasteiger partial charge is 0.371 e. The van der Waals surface area contributed by atoms with Gasteiger partial charge < -0.3 is 21.3 Å². The Bertz CT molecular complexity index is 976. The van der Waals surface area contributed by atoms with Crippen LogP contribution in [-0.4, -0.2) is 48.1 Å². The van der Waals surface area contributed by atoms with Gasteiger partial charge in [-0.3, -0.25) is 4.79 Å². The highest BCUT2D eigenvalue weighted by Gasteiger charge is 2.32. The molecule has 2 aliphatic rings. The van der Waals surface area contributed by atoms with Crippen LogP contribution in [0.4, 0.5) is 24.8 Å². The minimum atomic E-state index is -4.47. The molecule has 2 saturated heterocycles. The zero-order valence-electron chi connectivity index (χ0n) is 17.0. The molecule has 0 spiro atoms. The summed E-state index contributed by atoms with van der Waals surface area (Å²) in [7, 11) is 0. The van der Waals surface area contributed by atoms with E-state index in [1.165, 1.54) is 6.20 Å². The summed E-state index contributed by atoms with van der Waals surface area (Å²) in [4.78, 5) is 24.5. The molecular formula is C21H25F3N6O. The minimum Gasteiger partial charge on any atom is -0.371 e. The van der Waals surface area contributed by atoms with E-state index >= 15 is 0 Å². The van der Waals surface area contributed by atoms with Crippen molar-refractivity contribution in [3.05, 3.63) is 46.8 Å². The molecule has 4 N–H and O–H groups in total. The lowest BCUT2D eigenvalue weighted by molar-refractivity contribution is -0.137. The number of amides is 1. The monoisotopic (exact) mass is 434 g/mol. The van der Waals surface area contributed by atoms with Crippen LogP contribution in [0.1, 0.15) is 46.4 Å². The Labute approximate surface area is 178 Å². The fourth-order valence-corrected chi connectivity index (χ4v) is 3.98. The van der Waals surface area contributed by atoms with Crippen LogP contribution < -0.4 is 21.3 Å². The molecule has 7 nitrogen and oxygen atoms in total. The summed E-state index contributed by atoms with van der Waals surface area (Å²) in [5.74, 6) is -0.308. The van der Waals surface area contributed by atoms with Crippen molar-refractivity contribution in [3.63, 3.8) is 0 Å². The number of nitrogens with two attached hydrogens (primary N) is 2. The number of halogens is 3. The molecule has 166 valence electrons. The average molecular weight is 434 g/mol.